The number of fused-ring (bicyclic) bond motifs is 1. The Kier molecular flexibility index (Phi) is 7.63. The lowest BCUT2D eigenvalue weighted by Gasteiger charge is -2.13. The molecular weight excluding hydrogens is 440 g/mol. The molecule has 0 bridgehead atoms. The van der Waals surface area contributed by atoms with Crippen LogP contribution < -0.4 is 15.8 Å². The van der Waals surface area contributed by atoms with Crippen LogP contribution in [0.2, 0.25) is 0 Å². The molecule has 180 valence electrons. The van der Waals surface area contributed by atoms with Crippen LogP contribution in [-0.4, -0.2) is 25.6 Å². The van der Waals surface area contributed by atoms with E-state index in [0.717, 1.165) is 28.0 Å². The number of benzene rings is 3. The number of nitrogens with one attached hydrogen (secondary N) is 1. The molecule has 3 N–H and O–H groups in total. The second kappa shape index (κ2) is 11.0. The lowest BCUT2D eigenvalue weighted by molar-refractivity contribution is -0.140. The Morgan fingerprint density at radius 2 is 1.74 bits per heavy atom. The Labute approximate surface area is 205 Å². The van der Waals surface area contributed by atoms with E-state index >= 15 is 0 Å². The Morgan fingerprint density at radius 3 is 2.46 bits per heavy atom. The molecule has 1 atom stereocenters. The van der Waals surface area contributed by atoms with Gasteiger partial charge in [-0.3, -0.25) is 9.59 Å². The SMILES string of the molecule is COC(=O)CCC(N)c1ccc(NC(=O)C2=Cc3cc(-c4ccc(C)cc4)ccc3OCC2)cc1. The van der Waals surface area contributed by atoms with Gasteiger partial charge in [0.25, 0.3) is 5.91 Å². The van der Waals surface area contributed by atoms with E-state index in [1.165, 1.54) is 12.7 Å². The first-order chi connectivity index (χ1) is 16.9. The van der Waals surface area contributed by atoms with Gasteiger partial charge in [-0.2, -0.15) is 0 Å². The van der Waals surface area contributed by atoms with Gasteiger partial charge in [0.05, 0.1) is 13.7 Å². The lowest BCUT2D eigenvalue weighted by atomic mass is 10.00. The maximum absolute atomic E-state index is 13.0. The predicted molar refractivity (Wildman–Crippen MR) is 138 cm³/mol. The van der Waals surface area contributed by atoms with Crippen molar-refractivity contribution in [3.05, 3.63) is 89.0 Å². The monoisotopic (exact) mass is 470 g/mol. The van der Waals surface area contributed by atoms with Crippen LogP contribution in [0.15, 0.2) is 72.3 Å². The normalized spacial score (nSPS) is 13.5. The van der Waals surface area contributed by atoms with E-state index in [2.05, 4.69) is 47.3 Å². The molecule has 1 aliphatic rings. The second-order valence-electron chi connectivity index (χ2n) is 8.68. The first-order valence-electron chi connectivity index (χ1n) is 11.7. The molecule has 35 heavy (non-hydrogen) atoms. The van der Waals surface area contributed by atoms with Gasteiger partial charge in [-0.1, -0.05) is 48.0 Å². The lowest BCUT2D eigenvalue weighted by Crippen LogP contribution is -2.16. The Bertz CT molecular complexity index is 1230. The van der Waals surface area contributed by atoms with Crippen molar-refractivity contribution in [1.82, 2.24) is 0 Å². The summed E-state index contributed by atoms with van der Waals surface area (Å²) in [4.78, 5) is 24.4. The molecule has 3 aromatic rings. The maximum atomic E-state index is 13.0. The van der Waals surface area contributed by atoms with E-state index in [0.29, 0.717) is 30.7 Å². The molecule has 3 aromatic carbocycles. The highest BCUT2D eigenvalue weighted by Gasteiger charge is 2.17. The fourth-order valence-electron chi connectivity index (χ4n) is 4.00. The minimum atomic E-state index is -0.280. The molecule has 0 saturated heterocycles. The van der Waals surface area contributed by atoms with Gasteiger partial charge in [0, 0.05) is 35.7 Å². The smallest absolute Gasteiger partial charge is 0.305 e. The van der Waals surface area contributed by atoms with E-state index < -0.39 is 0 Å². The predicted octanol–water partition coefficient (Wildman–Crippen LogP) is 5.42. The number of carbonyl (C=O) groups is 2. The summed E-state index contributed by atoms with van der Waals surface area (Å²) in [6.45, 7) is 2.50. The van der Waals surface area contributed by atoms with Crippen molar-refractivity contribution in [3.63, 3.8) is 0 Å². The highest BCUT2D eigenvalue weighted by atomic mass is 16.5. The zero-order chi connectivity index (χ0) is 24.8. The van der Waals surface area contributed by atoms with E-state index in [4.69, 9.17) is 10.5 Å². The minimum absolute atomic E-state index is 0.162. The maximum Gasteiger partial charge on any atom is 0.305 e. The van der Waals surface area contributed by atoms with Gasteiger partial charge >= 0.3 is 5.97 Å². The van der Waals surface area contributed by atoms with Crippen LogP contribution in [0.25, 0.3) is 17.2 Å². The number of anilines is 1. The molecular formula is C29H30N2O4. The summed E-state index contributed by atoms with van der Waals surface area (Å²) in [7, 11) is 1.36. The molecule has 6 heteroatoms. The van der Waals surface area contributed by atoms with E-state index in [9.17, 15) is 9.59 Å². The van der Waals surface area contributed by atoms with Crippen LogP contribution in [0.5, 0.6) is 5.75 Å². The van der Waals surface area contributed by atoms with Gasteiger partial charge in [-0.25, -0.2) is 0 Å². The zero-order valence-electron chi connectivity index (χ0n) is 20.0. The van der Waals surface area contributed by atoms with E-state index in [1.54, 1.807) is 0 Å². The number of hydrogen-bond donors (Lipinski definition) is 2. The molecule has 0 aromatic heterocycles. The molecule has 4 rings (SSSR count). The molecule has 0 saturated carbocycles. The van der Waals surface area contributed by atoms with Crippen molar-refractivity contribution in [2.24, 2.45) is 5.73 Å². The second-order valence-corrected chi connectivity index (χ2v) is 8.68. The van der Waals surface area contributed by atoms with Crippen LogP contribution in [0.3, 0.4) is 0 Å². The third-order valence-corrected chi connectivity index (χ3v) is 6.13. The van der Waals surface area contributed by atoms with Gasteiger partial charge in [-0.05, 0) is 60.4 Å². The van der Waals surface area contributed by atoms with Crippen LogP contribution in [-0.2, 0) is 14.3 Å². The average Bonchev–Trinajstić information content (AvgIpc) is 3.10. The molecule has 0 fully saturated rings. The van der Waals surface area contributed by atoms with Gasteiger partial charge in [0.1, 0.15) is 5.75 Å². The molecule has 1 aliphatic heterocycles. The summed E-state index contributed by atoms with van der Waals surface area (Å²) in [5.74, 6) is 0.330. The summed E-state index contributed by atoms with van der Waals surface area (Å²) in [6.07, 6.45) is 3.18. The fourth-order valence-corrected chi connectivity index (χ4v) is 4.00. The summed E-state index contributed by atoms with van der Waals surface area (Å²) in [5, 5.41) is 2.97. The van der Waals surface area contributed by atoms with Crippen molar-refractivity contribution in [1.29, 1.82) is 0 Å². The van der Waals surface area contributed by atoms with Crippen molar-refractivity contribution in [2.45, 2.75) is 32.2 Å². The van der Waals surface area contributed by atoms with Crippen molar-refractivity contribution in [2.75, 3.05) is 19.0 Å². The third-order valence-electron chi connectivity index (χ3n) is 6.13. The summed E-state index contributed by atoms with van der Waals surface area (Å²) in [6, 6.07) is 21.5. The highest BCUT2D eigenvalue weighted by molar-refractivity contribution is 6.07. The first-order valence-corrected chi connectivity index (χ1v) is 11.7. The Hall–Kier alpha value is -3.90. The number of hydrogen-bond acceptors (Lipinski definition) is 5. The molecule has 1 amide bonds. The average molecular weight is 471 g/mol. The van der Waals surface area contributed by atoms with E-state index in [-0.39, 0.29) is 24.3 Å². The van der Waals surface area contributed by atoms with Crippen molar-refractivity contribution < 1.29 is 19.1 Å². The molecule has 1 heterocycles. The first kappa shape index (κ1) is 24.2. The number of rotatable bonds is 7. The molecule has 0 radical (unpaired) electrons. The third kappa shape index (κ3) is 6.16. The minimum Gasteiger partial charge on any atom is -0.493 e. The Balaban J connectivity index is 1.46. The molecule has 1 unspecified atom stereocenters. The van der Waals surface area contributed by atoms with E-state index in [1.807, 2.05) is 42.5 Å². The quantitative estimate of drug-likeness (QED) is 0.450. The Morgan fingerprint density at radius 1 is 1.03 bits per heavy atom. The summed E-state index contributed by atoms with van der Waals surface area (Å²) in [5.41, 5.74) is 12.7. The topological polar surface area (TPSA) is 90.6 Å². The van der Waals surface area contributed by atoms with Crippen molar-refractivity contribution >= 4 is 23.6 Å². The largest absolute Gasteiger partial charge is 0.493 e. The number of carbonyl (C=O) groups excluding carboxylic acids is 2. The highest BCUT2D eigenvalue weighted by Crippen LogP contribution is 2.31. The molecule has 0 spiro atoms. The number of ether oxygens (including phenoxy) is 2. The zero-order valence-corrected chi connectivity index (χ0v) is 20.0. The fraction of sp³-hybridized carbons (Fsp3) is 0.241. The molecule has 0 aliphatic carbocycles. The van der Waals surface area contributed by atoms with Crippen molar-refractivity contribution in [3.8, 4) is 16.9 Å². The van der Waals surface area contributed by atoms with Gasteiger partial charge in [0.15, 0.2) is 0 Å². The van der Waals surface area contributed by atoms with Gasteiger partial charge < -0.3 is 20.5 Å². The molecule has 6 nitrogen and oxygen atoms in total. The summed E-state index contributed by atoms with van der Waals surface area (Å²) < 4.78 is 10.6. The number of aryl methyl sites for hydroxylation is 1. The standard InChI is InChI=1S/C29H30N2O4/c1-19-3-5-20(6-4-19)22-9-13-27-24(17-22)18-23(15-16-35-27)29(33)31-25-10-7-21(8-11-25)26(30)12-14-28(32)34-2/h3-11,13,17-18,26H,12,14-16,30H2,1-2H3,(H,31,33). The number of nitrogens with two attached hydrogens (primary N) is 1. The summed E-state index contributed by atoms with van der Waals surface area (Å²) >= 11 is 0. The number of esters is 1. The van der Waals surface area contributed by atoms with Crippen LogP contribution in [0.4, 0.5) is 5.69 Å². The number of methoxy groups -OCH3 is 1. The van der Waals surface area contributed by atoms with Gasteiger partial charge in [0.2, 0.25) is 0 Å². The van der Waals surface area contributed by atoms with Crippen LogP contribution in [0.1, 0.15) is 42.0 Å². The van der Waals surface area contributed by atoms with Crippen LogP contribution in [0, 0.1) is 6.92 Å². The van der Waals surface area contributed by atoms with Crippen LogP contribution >= 0.6 is 0 Å². The van der Waals surface area contributed by atoms with Gasteiger partial charge in [-0.15, -0.1) is 0 Å². The number of amides is 1.